The van der Waals surface area contributed by atoms with Crippen LogP contribution in [0.25, 0.3) is 0 Å². The summed E-state index contributed by atoms with van der Waals surface area (Å²) in [6.07, 6.45) is -3.88. The molecule has 1 aliphatic rings. The van der Waals surface area contributed by atoms with E-state index in [0.717, 1.165) is 17.8 Å². The van der Waals surface area contributed by atoms with E-state index < -0.39 is 21.9 Å². The second-order valence-corrected chi connectivity index (χ2v) is 7.82. The fourth-order valence-corrected chi connectivity index (χ4v) is 4.34. The van der Waals surface area contributed by atoms with Crippen molar-refractivity contribution in [3.05, 3.63) is 59.9 Å². The van der Waals surface area contributed by atoms with Gasteiger partial charge in [-0.15, -0.1) is 12.4 Å². The molecule has 1 aromatic carbocycles. The van der Waals surface area contributed by atoms with Crippen molar-refractivity contribution < 1.29 is 21.6 Å². The minimum atomic E-state index is -4.61. The third-order valence-corrected chi connectivity index (χ3v) is 6.04. The molecular formula is C16H17ClF3N3O2S. The molecule has 0 aliphatic carbocycles. The van der Waals surface area contributed by atoms with E-state index in [1.165, 1.54) is 4.31 Å². The van der Waals surface area contributed by atoms with Gasteiger partial charge in [0.2, 0.25) is 10.0 Å². The van der Waals surface area contributed by atoms with Crippen molar-refractivity contribution in [2.45, 2.75) is 23.0 Å². The van der Waals surface area contributed by atoms with Gasteiger partial charge in [0.05, 0.1) is 0 Å². The molecule has 2 aromatic rings. The number of benzene rings is 1. The van der Waals surface area contributed by atoms with Gasteiger partial charge in [0.15, 0.2) is 0 Å². The summed E-state index contributed by atoms with van der Waals surface area (Å²) in [6, 6.07) is 10.5. The van der Waals surface area contributed by atoms with Crippen LogP contribution < -0.4 is 5.73 Å². The van der Waals surface area contributed by atoms with Crippen LogP contribution in [-0.4, -0.2) is 36.8 Å². The molecule has 3 rings (SSSR count). The van der Waals surface area contributed by atoms with Gasteiger partial charge in [-0.2, -0.15) is 17.5 Å². The Morgan fingerprint density at radius 3 is 2.27 bits per heavy atom. The number of rotatable bonds is 3. The number of alkyl halides is 3. The Bertz CT molecular complexity index is 845. The van der Waals surface area contributed by atoms with E-state index in [9.17, 15) is 21.6 Å². The van der Waals surface area contributed by atoms with Crippen LogP contribution in [0.1, 0.15) is 17.2 Å². The summed E-state index contributed by atoms with van der Waals surface area (Å²) in [5, 5.41) is 0. The summed E-state index contributed by atoms with van der Waals surface area (Å²) in [4.78, 5) is 2.95. The number of nitrogens with zero attached hydrogens (tertiary/aromatic N) is 2. The molecule has 5 nitrogen and oxygen atoms in total. The molecule has 0 unspecified atom stereocenters. The molecule has 2 heterocycles. The molecule has 1 aromatic heterocycles. The Balaban J connectivity index is 0.00000243. The number of sulfonamides is 1. The zero-order chi connectivity index (χ0) is 18.2. The van der Waals surface area contributed by atoms with Crippen LogP contribution in [0.3, 0.4) is 0 Å². The second kappa shape index (κ2) is 7.51. The van der Waals surface area contributed by atoms with Crippen LogP contribution in [0.5, 0.6) is 0 Å². The lowest BCUT2D eigenvalue weighted by molar-refractivity contribution is -0.141. The molecule has 10 heteroatoms. The van der Waals surface area contributed by atoms with Crippen LogP contribution in [0.2, 0.25) is 0 Å². The molecule has 142 valence electrons. The van der Waals surface area contributed by atoms with Crippen molar-refractivity contribution in [3.8, 4) is 0 Å². The molecule has 1 saturated heterocycles. The Morgan fingerprint density at radius 2 is 1.73 bits per heavy atom. The lowest BCUT2D eigenvalue weighted by Crippen LogP contribution is -2.32. The first-order valence-corrected chi connectivity index (χ1v) is 8.97. The maximum atomic E-state index is 12.7. The predicted molar refractivity (Wildman–Crippen MR) is 92.4 cm³/mol. The van der Waals surface area contributed by atoms with Gasteiger partial charge in [-0.1, -0.05) is 30.3 Å². The predicted octanol–water partition coefficient (Wildman–Crippen LogP) is 2.64. The van der Waals surface area contributed by atoms with Crippen molar-refractivity contribution in [2.75, 3.05) is 13.1 Å². The van der Waals surface area contributed by atoms with Gasteiger partial charge in [-0.25, -0.2) is 8.42 Å². The maximum absolute atomic E-state index is 12.7. The number of hydrogen-bond donors (Lipinski definition) is 1. The SMILES string of the molecule is Cl.N[C@@H]1CN(S(=O)(=O)c2ccc(C(F)(F)F)nc2)C[C@H]1c1ccccc1. The third-order valence-electron chi connectivity index (χ3n) is 4.22. The van der Waals surface area contributed by atoms with Gasteiger partial charge in [-0.05, 0) is 17.7 Å². The molecule has 0 spiro atoms. The minimum absolute atomic E-state index is 0. The number of halogens is 4. The van der Waals surface area contributed by atoms with Crippen LogP contribution >= 0.6 is 12.4 Å². The molecule has 0 bridgehead atoms. The van der Waals surface area contributed by atoms with Gasteiger partial charge in [0.25, 0.3) is 0 Å². The monoisotopic (exact) mass is 407 g/mol. The average molecular weight is 408 g/mol. The first-order valence-electron chi connectivity index (χ1n) is 7.53. The molecule has 0 saturated carbocycles. The molecule has 0 amide bonds. The lowest BCUT2D eigenvalue weighted by Gasteiger charge is -2.17. The van der Waals surface area contributed by atoms with E-state index in [1.807, 2.05) is 30.3 Å². The molecule has 26 heavy (non-hydrogen) atoms. The van der Waals surface area contributed by atoms with Gasteiger partial charge in [0, 0.05) is 31.2 Å². The Morgan fingerprint density at radius 1 is 1.08 bits per heavy atom. The highest BCUT2D eigenvalue weighted by Gasteiger charge is 2.39. The van der Waals surface area contributed by atoms with Crippen molar-refractivity contribution in [1.82, 2.24) is 9.29 Å². The quantitative estimate of drug-likeness (QED) is 0.848. The molecule has 0 radical (unpaired) electrons. The van der Waals surface area contributed by atoms with Crippen molar-refractivity contribution >= 4 is 22.4 Å². The minimum Gasteiger partial charge on any atom is -0.326 e. The highest BCUT2D eigenvalue weighted by Crippen LogP contribution is 2.31. The zero-order valence-electron chi connectivity index (χ0n) is 13.4. The molecule has 2 N–H and O–H groups in total. The summed E-state index contributed by atoms with van der Waals surface area (Å²) in [5.41, 5.74) is 5.88. The van der Waals surface area contributed by atoms with E-state index in [4.69, 9.17) is 5.73 Å². The van der Waals surface area contributed by atoms with Crippen LogP contribution in [0, 0.1) is 0 Å². The van der Waals surface area contributed by atoms with E-state index >= 15 is 0 Å². The lowest BCUT2D eigenvalue weighted by atomic mass is 9.95. The normalized spacial score (nSPS) is 21.4. The summed E-state index contributed by atoms with van der Waals surface area (Å²) in [6.45, 7) is 0.275. The first-order chi connectivity index (χ1) is 11.7. The maximum Gasteiger partial charge on any atom is 0.433 e. The highest BCUT2D eigenvalue weighted by molar-refractivity contribution is 7.89. The van der Waals surface area contributed by atoms with E-state index in [-0.39, 0.29) is 42.4 Å². The standard InChI is InChI=1S/C16H16F3N3O2S.ClH/c17-16(18,19)15-7-6-12(8-21-15)25(23,24)22-9-13(14(20)10-22)11-4-2-1-3-5-11;/h1-8,13-14H,9-10,20H2;1H/t13-,14+;/m0./s1. The van der Waals surface area contributed by atoms with Gasteiger partial charge in [-0.3, -0.25) is 4.98 Å². The Labute approximate surface area is 155 Å². The van der Waals surface area contributed by atoms with Gasteiger partial charge < -0.3 is 5.73 Å². The van der Waals surface area contributed by atoms with E-state index in [1.54, 1.807) is 0 Å². The Hall–Kier alpha value is -1.68. The first kappa shape index (κ1) is 20.6. The molecular weight excluding hydrogens is 391 g/mol. The summed E-state index contributed by atoms with van der Waals surface area (Å²) < 4.78 is 64.2. The highest BCUT2D eigenvalue weighted by atomic mass is 35.5. The number of aromatic nitrogens is 1. The summed E-state index contributed by atoms with van der Waals surface area (Å²) >= 11 is 0. The topological polar surface area (TPSA) is 76.3 Å². The Kier molecular flexibility index (Phi) is 5.96. The fourth-order valence-electron chi connectivity index (χ4n) is 2.89. The summed E-state index contributed by atoms with van der Waals surface area (Å²) in [5.74, 6) is -0.168. The van der Waals surface area contributed by atoms with Gasteiger partial charge in [0.1, 0.15) is 10.6 Å². The molecule has 1 aliphatic heterocycles. The smallest absolute Gasteiger partial charge is 0.326 e. The number of pyridine rings is 1. The fraction of sp³-hybridized carbons (Fsp3) is 0.312. The van der Waals surface area contributed by atoms with E-state index in [2.05, 4.69) is 4.98 Å². The largest absolute Gasteiger partial charge is 0.433 e. The second-order valence-electron chi connectivity index (χ2n) is 5.88. The van der Waals surface area contributed by atoms with Crippen molar-refractivity contribution in [1.29, 1.82) is 0 Å². The number of nitrogens with two attached hydrogens (primary N) is 1. The van der Waals surface area contributed by atoms with Crippen LogP contribution in [0.4, 0.5) is 13.2 Å². The van der Waals surface area contributed by atoms with Gasteiger partial charge >= 0.3 is 6.18 Å². The summed E-state index contributed by atoms with van der Waals surface area (Å²) in [7, 11) is -3.95. The third kappa shape index (κ3) is 4.01. The van der Waals surface area contributed by atoms with E-state index in [0.29, 0.717) is 6.07 Å². The molecule has 2 atom stereocenters. The van der Waals surface area contributed by atoms with Crippen LogP contribution in [0.15, 0.2) is 53.6 Å². The van der Waals surface area contributed by atoms with Crippen LogP contribution in [-0.2, 0) is 16.2 Å². The zero-order valence-corrected chi connectivity index (χ0v) is 15.1. The van der Waals surface area contributed by atoms with Crippen molar-refractivity contribution in [2.24, 2.45) is 5.73 Å². The molecule has 1 fully saturated rings. The average Bonchev–Trinajstić information content (AvgIpc) is 2.98. The number of hydrogen-bond acceptors (Lipinski definition) is 4. The van der Waals surface area contributed by atoms with Crippen molar-refractivity contribution in [3.63, 3.8) is 0 Å².